The summed E-state index contributed by atoms with van der Waals surface area (Å²) in [4.78, 5) is 39.7. The van der Waals surface area contributed by atoms with Crippen molar-refractivity contribution in [2.45, 2.75) is 63.8 Å². The van der Waals surface area contributed by atoms with E-state index in [1.165, 1.54) is 0 Å². The van der Waals surface area contributed by atoms with Crippen LogP contribution in [0.2, 0.25) is 0 Å². The minimum Gasteiger partial charge on any atom is -0.444 e. The van der Waals surface area contributed by atoms with Crippen molar-refractivity contribution in [1.29, 1.82) is 0 Å². The van der Waals surface area contributed by atoms with Gasteiger partial charge in [-0.1, -0.05) is 103 Å². The normalized spacial score (nSPS) is 14.2. The average molecular weight is 616 g/mol. The van der Waals surface area contributed by atoms with Crippen molar-refractivity contribution in [2.75, 3.05) is 13.2 Å². The number of nitrogens with one attached hydrogen (secondary N) is 3. The fraction of sp³-hybridized carbons (Fsp3) is 0.361. The van der Waals surface area contributed by atoms with Crippen molar-refractivity contribution >= 4 is 24.0 Å². The van der Waals surface area contributed by atoms with Gasteiger partial charge in [0.05, 0.1) is 18.8 Å². The minimum absolute atomic E-state index is 0.00195. The molecule has 0 saturated carbocycles. The lowest BCUT2D eigenvalue weighted by molar-refractivity contribution is -0.132. The molecule has 0 aliphatic carbocycles. The third kappa shape index (κ3) is 12.6. The summed E-state index contributed by atoms with van der Waals surface area (Å²) in [5, 5.41) is 29.1. The molecule has 5 N–H and O–H groups in total. The Kier molecular flexibility index (Phi) is 13.8. The number of hydrogen-bond acceptors (Lipinski definition) is 6. The van der Waals surface area contributed by atoms with E-state index >= 15 is 0 Å². The first kappa shape index (κ1) is 35.0. The summed E-state index contributed by atoms with van der Waals surface area (Å²) in [6.07, 6.45) is 2.54. The summed E-state index contributed by atoms with van der Waals surface area (Å²) in [6.45, 7) is 5.07. The van der Waals surface area contributed by atoms with Crippen LogP contribution >= 0.6 is 0 Å². The highest BCUT2D eigenvalue weighted by molar-refractivity contribution is 5.89. The van der Waals surface area contributed by atoms with Gasteiger partial charge in [0.2, 0.25) is 11.8 Å². The average Bonchev–Trinajstić information content (AvgIpc) is 3.02. The van der Waals surface area contributed by atoms with Gasteiger partial charge in [-0.05, 0) is 56.7 Å². The molecule has 4 atom stereocenters. The van der Waals surface area contributed by atoms with Crippen LogP contribution in [0.25, 0.3) is 6.08 Å². The van der Waals surface area contributed by atoms with Crippen molar-refractivity contribution in [3.05, 3.63) is 114 Å². The summed E-state index contributed by atoms with van der Waals surface area (Å²) in [5.41, 5.74) is 1.69. The number of hydrogen-bond donors (Lipinski definition) is 5. The summed E-state index contributed by atoms with van der Waals surface area (Å²) in [7, 11) is 0. The molecule has 9 heteroatoms. The Bertz CT molecular complexity index is 1360. The Hall–Kier alpha value is -4.47. The number of rotatable bonds is 15. The molecule has 0 heterocycles. The standard InChI is InChI=1S/C36H45N3O6/c1-36(2,3)45-35(44)38-30(24-27-16-9-5-10-17-27)31(41)25-29(21-13-18-26-14-7-4-8-15-26)33(42)39-32(34(43)37-22-23-40)28-19-11-6-12-20-28/h4-20,29-32,40-41H,21-25H2,1-3H3,(H,37,43)(H,38,44)(H,39,42)/b18-13+/t29-,30-,31-,32-/m0/s1. The van der Waals surface area contributed by atoms with Gasteiger partial charge in [-0.2, -0.15) is 0 Å². The highest BCUT2D eigenvalue weighted by Gasteiger charge is 2.31. The second kappa shape index (κ2) is 17.7. The molecule has 0 radical (unpaired) electrons. The van der Waals surface area contributed by atoms with Gasteiger partial charge in [0.25, 0.3) is 0 Å². The zero-order chi connectivity index (χ0) is 32.7. The predicted octanol–water partition coefficient (Wildman–Crippen LogP) is 4.56. The van der Waals surface area contributed by atoms with Crippen molar-refractivity contribution in [1.82, 2.24) is 16.0 Å². The van der Waals surface area contributed by atoms with Crippen LogP contribution in [0.15, 0.2) is 97.1 Å². The highest BCUT2D eigenvalue weighted by Crippen LogP contribution is 2.21. The van der Waals surface area contributed by atoms with Gasteiger partial charge < -0.3 is 30.9 Å². The third-order valence-electron chi connectivity index (χ3n) is 6.99. The summed E-state index contributed by atoms with van der Waals surface area (Å²) in [6, 6.07) is 26.1. The van der Waals surface area contributed by atoms with E-state index in [2.05, 4.69) is 16.0 Å². The van der Waals surface area contributed by atoms with Gasteiger partial charge >= 0.3 is 6.09 Å². The molecule has 0 spiro atoms. The molecule has 0 aromatic heterocycles. The molecular formula is C36H45N3O6. The first-order chi connectivity index (χ1) is 21.6. The van der Waals surface area contributed by atoms with Crippen LogP contribution in [-0.4, -0.2) is 59.0 Å². The topological polar surface area (TPSA) is 137 Å². The van der Waals surface area contributed by atoms with E-state index in [0.29, 0.717) is 12.0 Å². The molecule has 0 aliphatic rings. The highest BCUT2D eigenvalue weighted by atomic mass is 16.6. The number of amides is 3. The lowest BCUT2D eigenvalue weighted by Crippen LogP contribution is -2.49. The number of carbonyl (C=O) groups is 3. The smallest absolute Gasteiger partial charge is 0.407 e. The fourth-order valence-electron chi connectivity index (χ4n) is 4.80. The number of aliphatic hydroxyl groups excluding tert-OH is 2. The largest absolute Gasteiger partial charge is 0.444 e. The molecule has 0 bridgehead atoms. The Morgan fingerprint density at radius 3 is 2.04 bits per heavy atom. The SMILES string of the molecule is CC(C)(C)OC(=O)N[C@@H](Cc1ccccc1)[C@@H](O)C[C@H](C/C=C/c1ccccc1)C(=O)N[C@H](C(=O)NCCO)c1ccccc1. The number of allylic oxidation sites excluding steroid dienone is 1. The molecule has 3 aromatic carbocycles. The summed E-state index contributed by atoms with van der Waals surface area (Å²) < 4.78 is 5.47. The molecule has 0 unspecified atom stereocenters. The molecule has 45 heavy (non-hydrogen) atoms. The maximum atomic E-state index is 13.9. The van der Waals surface area contributed by atoms with Crippen molar-refractivity contribution in [3.63, 3.8) is 0 Å². The summed E-state index contributed by atoms with van der Waals surface area (Å²) in [5.74, 6) is -1.65. The van der Waals surface area contributed by atoms with E-state index in [-0.39, 0.29) is 26.0 Å². The van der Waals surface area contributed by atoms with E-state index in [4.69, 9.17) is 4.74 Å². The van der Waals surface area contributed by atoms with Gasteiger partial charge in [0.15, 0.2) is 0 Å². The minimum atomic E-state index is -1.13. The molecule has 3 aromatic rings. The maximum Gasteiger partial charge on any atom is 0.407 e. The van der Waals surface area contributed by atoms with Crippen LogP contribution in [0.1, 0.15) is 56.3 Å². The number of benzene rings is 3. The third-order valence-corrected chi connectivity index (χ3v) is 6.99. The van der Waals surface area contributed by atoms with Crippen molar-refractivity contribution in [2.24, 2.45) is 5.92 Å². The molecule has 3 amide bonds. The Morgan fingerprint density at radius 2 is 1.44 bits per heavy atom. The van der Waals surface area contributed by atoms with Crippen LogP contribution in [0.5, 0.6) is 0 Å². The molecule has 3 rings (SSSR count). The number of ether oxygens (including phenoxy) is 1. The molecule has 9 nitrogen and oxygen atoms in total. The van der Waals surface area contributed by atoms with Gasteiger partial charge in [-0.25, -0.2) is 4.79 Å². The zero-order valence-electron chi connectivity index (χ0n) is 26.2. The fourth-order valence-corrected chi connectivity index (χ4v) is 4.80. The number of aliphatic hydroxyl groups is 2. The molecule has 0 fully saturated rings. The summed E-state index contributed by atoms with van der Waals surface area (Å²) >= 11 is 0. The van der Waals surface area contributed by atoms with Crippen LogP contribution in [0, 0.1) is 5.92 Å². The number of carbonyl (C=O) groups excluding carboxylic acids is 3. The Morgan fingerprint density at radius 1 is 0.844 bits per heavy atom. The maximum absolute atomic E-state index is 13.9. The van der Waals surface area contributed by atoms with E-state index in [0.717, 1.165) is 11.1 Å². The molecular weight excluding hydrogens is 570 g/mol. The monoisotopic (exact) mass is 615 g/mol. The van der Waals surface area contributed by atoms with Gasteiger partial charge in [0, 0.05) is 12.5 Å². The van der Waals surface area contributed by atoms with Crippen molar-refractivity contribution < 1.29 is 29.3 Å². The van der Waals surface area contributed by atoms with Crippen LogP contribution in [0.4, 0.5) is 4.79 Å². The van der Waals surface area contributed by atoms with E-state index in [1.54, 1.807) is 45.0 Å². The van der Waals surface area contributed by atoms with Gasteiger partial charge in [-0.3, -0.25) is 9.59 Å². The second-order valence-corrected chi connectivity index (χ2v) is 11.9. The lowest BCUT2D eigenvalue weighted by atomic mass is 9.90. The quantitative estimate of drug-likeness (QED) is 0.170. The zero-order valence-corrected chi connectivity index (χ0v) is 26.2. The van der Waals surface area contributed by atoms with E-state index < -0.39 is 47.6 Å². The molecule has 240 valence electrons. The van der Waals surface area contributed by atoms with Gasteiger partial charge in [0.1, 0.15) is 11.6 Å². The predicted molar refractivity (Wildman–Crippen MR) is 175 cm³/mol. The molecule has 0 saturated heterocycles. The Balaban J connectivity index is 1.87. The van der Waals surface area contributed by atoms with Gasteiger partial charge in [-0.15, -0.1) is 0 Å². The van der Waals surface area contributed by atoms with Crippen LogP contribution < -0.4 is 16.0 Å². The first-order valence-electron chi connectivity index (χ1n) is 15.2. The van der Waals surface area contributed by atoms with Crippen molar-refractivity contribution in [3.8, 4) is 0 Å². The van der Waals surface area contributed by atoms with Crippen LogP contribution in [0.3, 0.4) is 0 Å². The second-order valence-electron chi connectivity index (χ2n) is 11.9. The molecule has 0 aliphatic heterocycles. The Labute approximate surface area is 265 Å². The lowest BCUT2D eigenvalue weighted by Gasteiger charge is -2.29. The van der Waals surface area contributed by atoms with E-state index in [9.17, 15) is 24.6 Å². The van der Waals surface area contributed by atoms with E-state index in [1.807, 2.05) is 78.9 Å². The van der Waals surface area contributed by atoms with Crippen LogP contribution in [-0.2, 0) is 20.7 Å². The first-order valence-corrected chi connectivity index (χ1v) is 15.2. The number of alkyl carbamates (subject to hydrolysis) is 1.